The molecule has 0 radical (unpaired) electrons. The largest absolute Gasteiger partial charge is 0.433 e. The molecule has 1 fully saturated rings. The molecule has 0 aliphatic carbocycles. The summed E-state index contributed by atoms with van der Waals surface area (Å²) in [4.78, 5) is 24.4. The second kappa shape index (κ2) is 9.26. The fraction of sp³-hybridized carbons (Fsp3) is 0.500. The van der Waals surface area contributed by atoms with Crippen LogP contribution in [-0.4, -0.2) is 71.1 Å². The minimum absolute atomic E-state index is 0.0636. The van der Waals surface area contributed by atoms with Gasteiger partial charge in [-0.25, -0.2) is 4.98 Å². The molecule has 2 aromatic rings. The molecule has 2 aliphatic heterocycles. The molecule has 4 rings (SSSR count). The van der Waals surface area contributed by atoms with Crippen molar-refractivity contribution >= 4 is 11.6 Å². The fourth-order valence-corrected chi connectivity index (χ4v) is 4.55. The molecule has 0 saturated carbocycles. The molecule has 2 aliphatic rings. The van der Waals surface area contributed by atoms with Gasteiger partial charge >= 0.3 is 12.4 Å². The molecule has 2 aromatic heterocycles. The molecule has 7 nitrogen and oxygen atoms in total. The highest BCUT2D eigenvalue weighted by Gasteiger charge is 2.45. The second-order valence-corrected chi connectivity index (χ2v) is 8.81. The van der Waals surface area contributed by atoms with E-state index in [0.717, 1.165) is 17.8 Å². The number of alkyl halides is 6. The van der Waals surface area contributed by atoms with Gasteiger partial charge in [-0.3, -0.25) is 19.6 Å². The molecular weight excluding hydrogens is 478 g/mol. The molecule has 190 valence electrons. The summed E-state index contributed by atoms with van der Waals surface area (Å²) in [6.07, 6.45) is -7.46. The Morgan fingerprint density at radius 3 is 2.54 bits per heavy atom. The number of primary amides is 1. The molecule has 0 unspecified atom stereocenters. The van der Waals surface area contributed by atoms with Crippen LogP contribution in [-0.2, 0) is 25.7 Å². The summed E-state index contributed by atoms with van der Waals surface area (Å²) in [6, 6.07) is 2.25. The number of rotatable bonds is 4. The maximum absolute atomic E-state index is 13.6. The molecule has 2 N–H and O–H groups in total. The molecule has 1 amide bonds. The number of fused-ring (bicyclic) bond motifs is 1. The van der Waals surface area contributed by atoms with E-state index in [1.807, 2.05) is 4.90 Å². The van der Waals surface area contributed by atoms with Crippen LogP contribution in [0, 0.1) is 0 Å². The minimum atomic E-state index is -4.56. The van der Waals surface area contributed by atoms with Gasteiger partial charge in [0, 0.05) is 51.2 Å². The Labute approximate surface area is 197 Å². The Bertz CT molecular complexity index is 1100. The van der Waals surface area contributed by atoms with Crippen molar-refractivity contribution in [3.63, 3.8) is 0 Å². The Kier molecular flexibility index (Phi) is 6.66. The lowest BCUT2D eigenvalue weighted by Crippen LogP contribution is -2.58. The van der Waals surface area contributed by atoms with Crippen LogP contribution in [0.3, 0.4) is 0 Å². The van der Waals surface area contributed by atoms with Gasteiger partial charge in [-0.2, -0.15) is 26.3 Å². The van der Waals surface area contributed by atoms with Crippen LogP contribution in [0.15, 0.2) is 24.4 Å². The predicted octanol–water partition coefficient (Wildman–Crippen LogP) is 2.84. The smallest absolute Gasteiger partial charge is 0.368 e. The van der Waals surface area contributed by atoms with E-state index in [-0.39, 0.29) is 31.9 Å². The van der Waals surface area contributed by atoms with E-state index in [9.17, 15) is 31.1 Å². The number of piperazine rings is 1. The number of amides is 1. The van der Waals surface area contributed by atoms with E-state index in [1.54, 1.807) is 4.90 Å². The summed E-state index contributed by atoms with van der Waals surface area (Å²) >= 11 is 0. The summed E-state index contributed by atoms with van der Waals surface area (Å²) < 4.78 is 79.7. The van der Waals surface area contributed by atoms with Crippen LogP contribution < -0.4 is 10.6 Å². The van der Waals surface area contributed by atoms with Crippen molar-refractivity contribution in [2.75, 3.05) is 38.1 Å². The van der Waals surface area contributed by atoms with Crippen molar-refractivity contribution in [3.05, 3.63) is 52.6 Å². The van der Waals surface area contributed by atoms with Crippen LogP contribution >= 0.6 is 0 Å². The van der Waals surface area contributed by atoms with Crippen molar-refractivity contribution in [1.29, 1.82) is 0 Å². The number of aromatic nitrogens is 2. The summed E-state index contributed by atoms with van der Waals surface area (Å²) in [6.45, 7) is 1.08. The summed E-state index contributed by atoms with van der Waals surface area (Å²) in [5, 5.41) is 0. The van der Waals surface area contributed by atoms with E-state index in [2.05, 4.69) is 9.97 Å². The number of carbonyl (C=O) groups is 1. The number of likely N-dealkylation sites (N-methyl/N-ethyl adjacent to an activating group) is 1. The first-order chi connectivity index (χ1) is 16.3. The number of carbonyl (C=O) groups excluding carboxylic acids is 1. The van der Waals surface area contributed by atoms with Crippen LogP contribution in [0.1, 0.15) is 33.0 Å². The zero-order valence-electron chi connectivity index (χ0n) is 18.8. The van der Waals surface area contributed by atoms with E-state index in [1.165, 1.54) is 24.1 Å². The van der Waals surface area contributed by atoms with Gasteiger partial charge in [0.2, 0.25) is 0 Å². The van der Waals surface area contributed by atoms with Crippen LogP contribution in [0.25, 0.3) is 0 Å². The highest BCUT2D eigenvalue weighted by molar-refractivity contribution is 5.92. The normalized spacial score (nSPS) is 20.1. The number of anilines is 1. The molecule has 1 saturated heterocycles. The first-order valence-electron chi connectivity index (χ1n) is 10.9. The van der Waals surface area contributed by atoms with Gasteiger partial charge in [0.05, 0.1) is 5.69 Å². The van der Waals surface area contributed by atoms with Crippen molar-refractivity contribution in [1.82, 2.24) is 19.8 Å². The molecular formula is C22H24F6N6O. The van der Waals surface area contributed by atoms with E-state index < -0.39 is 30.0 Å². The van der Waals surface area contributed by atoms with Gasteiger partial charge in [-0.05, 0) is 42.8 Å². The third-order valence-corrected chi connectivity index (χ3v) is 6.38. The zero-order valence-corrected chi connectivity index (χ0v) is 18.8. The number of pyridine rings is 2. The third-order valence-electron chi connectivity index (χ3n) is 6.38. The minimum Gasteiger partial charge on any atom is -0.368 e. The lowest BCUT2D eigenvalue weighted by Gasteiger charge is -2.42. The third kappa shape index (κ3) is 5.50. The lowest BCUT2D eigenvalue weighted by atomic mass is 9.99. The zero-order chi connectivity index (χ0) is 25.5. The second-order valence-electron chi connectivity index (χ2n) is 8.81. The molecule has 0 aromatic carbocycles. The molecule has 13 heteroatoms. The van der Waals surface area contributed by atoms with E-state index >= 15 is 0 Å². The van der Waals surface area contributed by atoms with Crippen LogP contribution in [0.5, 0.6) is 0 Å². The number of nitrogens with zero attached hydrogens (tertiary/aromatic N) is 5. The maximum Gasteiger partial charge on any atom is 0.433 e. The average molecular weight is 502 g/mol. The fourth-order valence-electron chi connectivity index (χ4n) is 4.55. The number of halogens is 6. The summed E-state index contributed by atoms with van der Waals surface area (Å²) in [7, 11) is 1.42. The Morgan fingerprint density at radius 2 is 1.89 bits per heavy atom. The van der Waals surface area contributed by atoms with Gasteiger partial charge in [0.15, 0.2) is 0 Å². The maximum atomic E-state index is 13.6. The Hall–Kier alpha value is -2.93. The van der Waals surface area contributed by atoms with Crippen molar-refractivity contribution in [2.45, 2.75) is 37.9 Å². The first-order valence-corrected chi connectivity index (χ1v) is 10.9. The predicted molar refractivity (Wildman–Crippen MR) is 114 cm³/mol. The number of hydrogen-bond donors (Lipinski definition) is 1. The van der Waals surface area contributed by atoms with Crippen molar-refractivity contribution in [2.24, 2.45) is 5.73 Å². The van der Waals surface area contributed by atoms with Gasteiger partial charge in [-0.15, -0.1) is 0 Å². The number of hydrogen-bond acceptors (Lipinski definition) is 6. The van der Waals surface area contributed by atoms with Gasteiger partial charge in [0.1, 0.15) is 17.4 Å². The average Bonchev–Trinajstić information content (AvgIpc) is 2.77. The quantitative estimate of drug-likeness (QED) is 0.648. The SMILES string of the molecule is CN1CCN(c2cc(C(N)=O)nc3c2CCN(Cc2ccnc(C(F)(F)F)c2)C3)C[C@@H]1C(F)(F)F. The van der Waals surface area contributed by atoms with Crippen LogP contribution in [0.4, 0.5) is 32.0 Å². The van der Waals surface area contributed by atoms with Crippen LogP contribution in [0.2, 0.25) is 0 Å². The van der Waals surface area contributed by atoms with Crippen molar-refractivity contribution in [3.8, 4) is 0 Å². The Morgan fingerprint density at radius 1 is 1.14 bits per heavy atom. The van der Waals surface area contributed by atoms with Gasteiger partial charge < -0.3 is 10.6 Å². The monoisotopic (exact) mass is 502 g/mol. The van der Waals surface area contributed by atoms with Gasteiger partial charge in [-0.1, -0.05) is 0 Å². The molecule has 4 heterocycles. The molecule has 35 heavy (non-hydrogen) atoms. The Balaban J connectivity index is 1.61. The molecule has 0 spiro atoms. The standard InChI is InChI=1S/C22H24F6N6O/c1-32-6-7-34(12-19(32)22(26,27)28)17-9-15(20(29)35)31-16-11-33(5-3-14(16)17)10-13-2-4-30-18(8-13)21(23,24)25/h2,4,8-9,19H,3,5-7,10-12H2,1H3,(H2,29,35)/t19-/m1/s1. The molecule has 0 bridgehead atoms. The van der Waals surface area contributed by atoms with E-state index in [0.29, 0.717) is 36.5 Å². The lowest BCUT2D eigenvalue weighted by molar-refractivity contribution is -0.180. The topological polar surface area (TPSA) is 78.6 Å². The highest BCUT2D eigenvalue weighted by atomic mass is 19.4. The molecule has 1 atom stereocenters. The number of nitrogens with two attached hydrogens (primary N) is 1. The summed E-state index contributed by atoms with van der Waals surface area (Å²) in [5.74, 6) is -0.809. The van der Waals surface area contributed by atoms with Crippen molar-refractivity contribution < 1.29 is 31.1 Å². The highest BCUT2D eigenvalue weighted by Crippen LogP contribution is 2.34. The van der Waals surface area contributed by atoms with E-state index in [4.69, 9.17) is 5.73 Å². The first kappa shape index (κ1) is 25.2. The summed E-state index contributed by atoms with van der Waals surface area (Å²) in [5.41, 5.74) is 6.50. The van der Waals surface area contributed by atoms with Gasteiger partial charge in [0.25, 0.3) is 5.91 Å².